The van der Waals surface area contributed by atoms with Crippen LogP contribution in [0.4, 0.5) is 0 Å². The normalized spacial score (nSPS) is 15.7. The van der Waals surface area contributed by atoms with E-state index in [-0.39, 0.29) is 24.4 Å². The minimum atomic E-state index is -0.249. The fourth-order valence-electron chi connectivity index (χ4n) is 3.19. The number of amides is 2. The first kappa shape index (κ1) is 19.1. The molecule has 3 rings (SSSR count). The average Bonchev–Trinajstić information content (AvgIpc) is 2.73. The summed E-state index contributed by atoms with van der Waals surface area (Å²) in [6.45, 7) is 4.12. The average molecular weight is 368 g/mol. The van der Waals surface area contributed by atoms with Crippen molar-refractivity contribution in [2.75, 3.05) is 39.4 Å². The zero-order valence-corrected chi connectivity index (χ0v) is 15.3. The van der Waals surface area contributed by atoms with E-state index in [0.717, 1.165) is 38.4 Å². The number of benzene rings is 2. The largest absolute Gasteiger partial charge is 0.370 e. The number of carbonyl (C=O) groups is 2. The van der Waals surface area contributed by atoms with Crippen molar-refractivity contribution in [3.63, 3.8) is 0 Å². The molecule has 1 saturated heterocycles. The summed E-state index contributed by atoms with van der Waals surface area (Å²) in [5.41, 5.74) is 1.61. The van der Waals surface area contributed by atoms with E-state index in [9.17, 15) is 9.59 Å². The number of quaternary nitrogens is 1. The number of carbonyl (C=O) groups excluding carboxylic acids is 2. The van der Waals surface area contributed by atoms with E-state index in [0.29, 0.717) is 5.56 Å². The Balaban J connectivity index is 1.57. The van der Waals surface area contributed by atoms with Crippen LogP contribution in [0.3, 0.4) is 0 Å². The van der Waals surface area contributed by atoms with Crippen LogP contribution in [0, 0.1) is 0 Å². The molecule has 1 heterocycles. The van der Waals surface area contributed by atoms with Gasteiger partial charge in [-0.25, -0.2) is 0 Å². The molecule has 1 aliphatic rings. The number of rotatable bonds is 7. The fourth-order valence-corrected chi connectivity index (χ4v) is 3.19. The lowest BCUT2D eigenvalue weighted by Gasteiger charge is -2.28. The van der Waals surface area contributed by atoms with Crippen LogP contribution in [0.1, 0.15) is 22.0 Å². The van der Waals surface area contributed by atoms with Gasteiger partial charge >= 0.3 is 0 Å². The minimum Gasteiger partial charge on any atom is -0.370 e. The lowest BCUT2D eigenvalue weighted by Crippen LogP contribution is -3.14. The number of hydrogen-bond donors (Lipinski definition) is 3. The molecule has 0 unspecified atom stereocenters. The predicted molar refractivity (Wildman–Crippen MR) is 102 cm³/mol. The first-order valence-electron chi connectivity index (χ1n) is 9.31. The molecule has 3 N–H and O–H groups in total. The second-order valence-corrected chi connectivity index (χ2v) is 6.65. The Bertz CT molecular complexity index is 731. The van der Waals surface area contributed by atoms with Gasteiger partial charge in [-0.3, -0.25) is 9.59 Å². The van der Waals surface area contributed by atoms with Gasteiger partial charge in [-0.1, -0.05) is 48.5 Å². The first-order valence-corrected chi connectivity index (χ1v) is 9.31. The highest BCUT2D eigenvalue weighted by molar-refractivity contribution is 5.96. The zero-order chi connectivity index (χ0) is 18.9. The summed E-state index contributed by atoms with van der Waals surface area (Å²) in [5.74, 6) is -0.443. The third kappa shape index (κ3) is 5.91. The highest BCUT2D eigenvalue weighted by Crippen LogP contribution is 2.10. The number of ether oxygens (including phenoxy) is 1. The maximum absolute atomic E-state index is 12.4. The topological polar surface area (TPSA) is 71.9 Å². The molecule has 0 spiro atoms. The quantitative estimate of drug-likeness (QED) is 0.653. The fraction of sp³-hybridized carbons (Fsp3) is 0.333. The van der Waals surface area contributed by atoms with Gasteiger partial charge in [0, 0.05) is 5.56 Å². The van der Waals surface area contributed by atoms with Gasteiger partial charge in [0.25, 0.3) is 5.91 Å². The number of hydrogen-bond acceptors (Lipinski definition) is 3. The van der Waals surface area contributed by atoms with Crippen LogP contribution in [0.25, 0.3) is 0 Å². The van der Waals surface area contributed by atoms with E-state index in [4.69, 9.17) is 4.74 Å². The molecule has 0 saturated carbocycles. The highest BCUT2D eigenvalue weighted by atomic mass is 16.5. The molecule has 2 amide bonds. The van der Waals surface area contributed by atoms with Crippen molar-refractivity contribution >= 4 is 11.8 Å². The Morgan fingerprint density at radius 2 is 1.59 bits per heavy atom. The Morgan fingerprint density at radius 3 is 2.26 bits per heavy atom. The molecule has 2 aromatic carbocycles. The second kappa shape index (κ2) is 9.85. The number of nitrogens with one attached hydrogen (secondary N) is 3. The van der Waals surface area contributed by atoms with Gasteiger partial charge in [-0.2, -0.15) is 0 Å². The molecular formula is C21H26N3O3+. The monoisotopic (exact) mass is 368 g/mol. The summed E-state index contributed by atoms with van der Waals surface area (Å²) in [7, 11) is 0. The molecule has 0 bridgehead atoms. The maximum atomic E-state index is 12.4. The van der Waals surface area contributed by atoms with Gasteiger partial charge < -0.3 is 20.3 Å². The molecule has 0 aromatic heterocycles. The van der Waals surface area contributed by atoms with Crippen LogP contribution in [0.15, 0.2) is 60.7 Å². The summed E-state index contributed by atoms with van der Waals surface area (Å²) in [6, 6.07) is 18.7. The predicted octanol–water partition coefficient (Wildman–Crippen LogP) is 0.189. The summed E-state index contributed by atoms with van der Waals surface area (Å²) in [4.78, 5) is 26.0. The third-order valence-electron chi connectivity index (χ3n) is 4.68. The van der Waals surface area contributed by atoms with E-state index in [1.807, 2.05) is 36.4 Å². The Morgan fingerprint density at radius 1 is 0.963 bits per heavy atom. The van der Waals surface area contributed by atoms with Gasteiger partial charge in [0.2, 0.25) is 5.91 Å². The molecule has 2 aromatic rings. The van der Waals surface area contributed by atoms with Crippen molar-refractivity contribution in [3.8, 4) is 0 Å². The van der Waals surface area contributed by atoms with Gasteiger partial charge in [0.05, 0.1) is 19.8 Å². The van der Waals surface area contributed by atoms with Gasteiger partial charge in [0.1, 0.15) is 25.7 Å². The molecular weight excluding hydrogens is 342 g/mol. The van der Waals surface area contributed by atoms with Gasteiger partial charge in [0.15, 0.2) is 0 Å². The molecule has 27 heavy (non-hydrogen) atoms. The van der Waals surface area contributed by atoms with Crippen LogP contribution < -0.4 is 15.5 Å². The van der Waals surface area contributed by atoms with Crippen molar-refractivity contribution in [1.29, 1.82) is 0 Å². The van der Waals surface area contributed by atoms with Crippen molar-refractivity contribution < 1.29 is 19.2 Å². The van der Waals surface area contributed by atoms with Crippen LogP contribution >= 0.6 is 0 Å². The molecule has 1 aliphatic heterocycles. The standard InChI is InChI=1S/C21H25N3O3/c25-20(15-22-21(26)18-9-5-2-6-10-18)23-19(17-7-3-1-4-8-17)16-24-11-13-27-14-12-24/h1-10,19H,11-16H2,(H,22,26)(H,23,25)/p+1/t19-/m0/s1. The van der Waals surface area contributed by atoms with E-state index in [2.05, 4.69) is 10.6 Å². The molecule has 6 heteroatoms. The molecule has 0 radical (unpaired) electrons. The molecule has 1 atom stereocenters. The third-order valence-corrected chi connectivity index (χ3v) is 4.68. The summed E-state index contributed by atoms with van der Waals surface area (Å²) >= 11 is 0. The van der Waals surface area contributed by atoms with E-state index in [1.165, 1.54) is 4.90 Å². The Kier molecular flexibility index (Phi) is 6.96. The van der Waals surface area contributed by atoms with Crippen molar-refractivity contribution in [2.24, 2.45) is 0 Å². The highest BCUT2D eigenvalue weighted by Gasteiger charge is 2.23. The van der Waals surface area contributed by atoms with Gasteiger partial charge in [-0.05, 0) is 17.7 Å². The first-order chi connectivity index (χ1) is 13.2. The van der Waals surface area contributed by atoms with Crippen molar-refractivity contribution in [1.82, 2.24) is 10.6 Å². The van der Waals surface area contributed by atoms with Crippen molar-refractivity contribution in [2.45, 2.75) is 6.04 Å². The van der Waals surface area contributed by atoms with E-state index >= 15 is 0 Å². The summed E-state index contributed by atoms with van der Waals surface area (Å²) < 4.78 is 5.42. The molecule has 142 valence electrons. The molecule has 6 nitrogen and oxygen atoms in total. The smallest absolute Gasteiger partial charge is 0.251 e. The molecule has 0 aliphatic carbocycles. The van der Waals surface area contributed by atoms with Crippen LogP contribution in [0.2, 0.25) is 0 Å². The van der Waals surface area contributed by atoms with Crippen LogP contribution in [-0.2, 0) is 9.53 Å². The Labute approximate surface area is 159 Å². The van der Waals surface area contributed by atoms with E-state index < -0.39 is 0 Å². The SMILES string of the molecule is O=C(CNC(=O)c1ccccc1)N[C@@H](C[NH+]1CCOCC1)c1ccccc1. The minimum absolute atomic E-state index is 0.0461. The van der Waals surface area contributed by atoms with Crippen molar-refractivity contribution in [3.05, 3.63) is 71.8 Å². The van der Waals surface area contributed by atoms with Gasteiger partial charge in [-0.15, -0.1) is 0 Å². The lowest BCUT2D eigenvalue weighted by atomic mass is 10.1. The van der Waals surface area contributed by atoms with E-state index in [1.54, 1.807) is 24.3 Å². The summed E-state index contributed by atoms with van der Waals surface area (Å²) in [5, 5.41) is 5.75. The zero-order valence-electron chi connectivity index (χ0n) is 15.3. The Hall–Kier alpha value is -2.70. The van der Waals surface area contributed by atoms with Crippen LogP contribution in [-0.4, -0.2) is 51.2 Å². The molecule has 1 fully saturated rings. The number of morpholine rings is 1. The van der Waals surface area contributed by atoms with Crippen LogP contribution in [0.5, 0.6) is 0 Å². The second-order valence-electron chi connectivity index (χ2n) is 6.65. The maximum Gasteiger partial charge on any atom is 0.251 e. The summed E-state index contributed by atoms with van der Waals surface area (Å²) in [6.07, 6.45) is 0. The lowest BCUT2D eigenvalue weighted by molar-refractivity contribution is -0.909.